The van der Waals surface area contributed by atoms with Crippen LogP contribution >= 0.6 is 0 Å². The molecule has 3 N–H and O–H groups in total. The van der Waals surface area contributed by atoms with Gasteiger partial charge in [-0.3, -0.25) is 0 Å². The molecule has 16 heavy (non-hydrogen) atoms. The number of urea groups is 1. The Labute approximate surface area is 94.4 Å². The fraction of sp³-hybridized carbons (Fsp3) is 0.417. The molecule has 1 atom stereocenters. The highest BCUT2D eigenvalue weighted by Gasteiger charge is 2.57. The average molecular weight is 217 g/mol. The molecule has 2 amide bonds. The summed E-state index contributed by atoms with van der Waals surface area (Å²) >= 11 is 0. The van der Waals surface area contributed by atoms with Crippen molar-refractivity contribution in [1.29, 1.82) is 0 Å². The van der Waals surface area contributed by atoms with Crippen molar-refractivity contribution in [2.24, 2.45) is 11.1 Å². The highest BCUT2D eigenvalue weighted by Crippen LogP contribution is 2.50. The number of carbonyl (C=O) groups excluding carboxylic acids is 1. The van der Waals surface area contributed by atoms with Gasteiger partial charge in [0.25, 0.3) is 0 Å². The lowest BCUT2D eigenvalue weighted by Crippen LogP contribution is -2.73. The zero-order valence-corrected chi connectivity index (χ0v) is 9.02. The van der Waals surface area contributed by atoms with Gasteiger partial charge in [-0.05, 0) is 5.56 Å². The van der Waals surface area contributed by atoms with Crippen molar-refractivity contribution in [1.82, 2.24) is 10.2 Å². The summed E-state index contributed by atoms with van der Waals surface area (Å²) in [6.45, 7) is 2.75. The number of likely N-dealkylation sites (tertiary alicyclic amines) is 1. The van der Waals surface area contributed by atoms with E-state index < -0.39 is 0 Å². The number of nitrogens with two attached hydrogens (primary N) is 1. The minimum atomic E-state index is -0.314. The van der Waals surface area contributed by atoms with Crippen LogP contribution in [-0.2, 0) is 0 Å². The molecule has 0 aromatic heterocycles. The molecular weight excluding hydrogens is 202 g/mol. The Bertz CT molecular complexity index is 414. The molecule has 0 aliphatic carbocycles. The molecule has 0 bridgehead atoms. The Morgan fingerprint density at radius 2 is 2.06 bits per heavy atom. The van der Waals surface area contributed by atoms with E-state index in [1.807, 2.05) is 18.2 Å². The Morgan fingerprint density at radius 3 is 2.56 bits per heavy atom. The van der Waals surface area contributed by atoms with Gasteiger partial charge in [0.1, 0.15) is 0 Å². The molecule has 2 heterocycles. The Balaban J connectivity index is 1.92. The van der Waals surface area contributed by atoms with E-state index in [0.717, 1.165) is 19.6 Å². The molecule has 4 heteroatoms. The summed E-state index contributed by atoms with van der Waals surface area (Å²) in [6, 6.07) is 9.99. The third kappa shape index (κ3) is 1.16. The van der Waals surface area contributed by atoms with Gasteiger partial charge in [0, 0.05) is 25.0 Å². The number of amides is 2. The number of nitrogens with zero attached hydrogens (tertiary/aromatic N) is 1. The van der Waals surface area contributed by atoms with Crippen LogP contribution in [0.5, 0.6) is 0 Å². The second-order valence-electron chi connectivity index (χ2n) is 4.75. The second-order valence-corrected chi connectivity index (χ2v) is 4.75. The van der Waals surface area contributed by atoms with E-state index in [-0.39, 0.29) is 17.5 Å². The maximum Gasteiger partial charge on any atom is 0.315 e. The number of hydrogen-bond donors (Lipinski definition) is 2. The first-order chi connectivity index (χ1) is 7.73. The fourth-order valence-electron chi connectivity index (χ4n) is 2.86. The van der Waals surface area contributed by atoms with Gasteiger partial charge in [0.15, 0.2) is 0 Å². The summed E-state index contributed by atoms with van der Waals surface area (Å²) in [4.78, 5) is 13.1. The molecular formula is C12H15N3O. The highest BCUT2D eigenvalue weighted by molar-refractivity contribution is 5.74. The van der Waals surface area contributed by atoms with Crippen molar-refractivity contribution in [3.63, 3.8) is 0 Å². The van der Waals surface area contributed by atoms with E-state index in [9.17, 15) is 4.79 Å². The SMILES string of the molecule is NC(=O)N1CC2(CNC2)C1c1ccccc1. The molecule has 2 saturated heterocycles. The van der Waals surface area contributed by atoms with Gasteiger partial charge < -0.3 is 16.0 Å². The van der Waals surface area contributed by atoms with Crippen molar-refractivity contribution in [3.05, 3.63) is 35.9 Å². The van der Waals surface area contributed by atoms with Gasteiger partial charge in [-0.2, -0.15) is 0 Å². The van der Waals surface area contributed by atoms with Gasteiger partial charge in [-0.25, -0.2) is 4.79 Å². The minimum Gasteiger partial charge on any atom is -0.351 e. The number of carbonyl (C=O) groups is 1. The number of nitrogens with one attached hydrogen (secondary N) is 1. The maximum absolute atomic E-state index is 11.3. The molecule has 2 fully saturated rings. The first-order valence-electron chi connectivity index (χ1n) is 5.55. The van der Waals surface area contributed by atoms with Crippen molar-refractivity contribution >= 4 is 6.03 Å². The van der Waals surface area contributed by atoms with Crippen LogP contribution in [0.4, 0.5) is 4.79 Å². The van der Waals surface area contributed by atoms with Crippen LogP contribution in [0.25, 0.3) is 0 Å². The summed E-state index contributed by atoms with van der Waals surface area (Å²) in [7, 11) is 0. The zero-order valence-electron chi connectivity index (χ0n) is 9.02. The molecule has 84 valence electrons. The van der Waals surface area contributed by atoms with Crippen LogP contribution in [0.2, 0.25) is 0 Å². The van der Waals surface area contributed by atoms with Gasteiger partial charge >= 0.3 is 6.03 Å². The van der Waals surface area contributed by atoms with Crippen LogP contribution in [0.3, 0.4) is 0 Å². The van der Waals surface area contributed by atoms with Crippen LogP contribution in [0.1, 0.15) is 11.6 Å². The molecule has 4 nitrogen and oxygen atoms in total. The van der Waals surface area contributed by atoms with E-state index in [2.05, 4.69) is 17.4 Å². The minimum absolute atomic E-state index is 0.160. The number of hydrogen-bond acceptors (Lipinski definition) is 2. The lowest BCUT2D eigenvalue weighted by atomic mass is 9.65. The van der Waals surface area contributed by atoms with Gasteiger partial charge in [-0.1, -0.05) is 30.3 Å². The standard InChI is InChI=1S/C12H15N3O/c13-11(16)15-8-12(6-14-7-12)10(15)9-4-2-1-3-5-9/h1-5,10,14H,6-8H2,(H2,13,16). The lowest BCUT2D eigenvalue weighted by Gasteiger charge is -2.62. The second kappa shape index (κ2) is 3.22. The number of primary amides is 1. The van der Waals surface area contributed by atoms with E-state index in [1.165, 1.54) is 5.56 Å². The topological polar surface area (TPSA) is 58.4 Å². The Kier molecular flexibility index (Phi) is 1.94. The van der Waals surface area contributed by atoms with Gasteiger partial charge in [-0.15, -0.1) is 0 Å². The van der Waals surface area contributed by atoms with E-state index in [0.29, 0.717) is 0 Å². The molecule has 2 aliphatic rings. The van der Waals surface area contributed by atoms with Crippen molar-refractivity contribution in [2.45, 2.75) is 6.04 Å². The maximum atomic E-state index is 11.3. The predicted molar refractivity (Wildman–Crippen MR) is 60.8 cm³/mol. The van der Waals surface area contributed by atoms with Crippen molar-refractivity contribution < 1.29 is 4.79 Å². The molecule has 0 radical (unpaired) electrons. The third-order valence-corrected chi connectivity index (χ3v) is 3.73. The van der Waals surface area contributed by atoms with E-state index in [1.54, 1.807) is 4.90 Å². The third-order valence-electron chi connectivity index (χ3n) is 3.73. The lowest BCUT2D eigenvalue weighted by molar-refractivity contribution is -0.0781. The summed E-state index contributed by atoms with van der Waals surface area (Å²) in [6.07, 6.45) is 0. The van der Waals surface area contributed by atoms with Crippen LogP contribution in [0.15, 0.2) is 30.3 Å². The number of benzene rings is 1. The predicted octanol–water partition coefficient (Wildman–Crippen LogP) is 0.712. The first kappa shape index (κ1) is 9.66. The van der Waals surface area contributed by atoms with Crippen LogP contribution < -0.4 is 11.1 Å². The molecule has 3 rings (SSSR count). The summed E-state index contributed by atoms with van der Waals surface area (Å²) in [5, 5.41) is 3.28. The molecule has 1 spiro atoms. The summed E-state index contributed by atoms with van der Waals surface area (Å²) in [5.41, 5.74) is 6.81. The van der Waals surface area contributed by atoms with Crippen LogP contribution in [-0.4, -0.2) is 30.6 Å². The zero-order chi connectivity index (χ0) is 11.2. The molecule has 1 aromatic carbocycles. The van der Waals surface area contributed by atoms with Crippen LogP contribution in [0, 0.1) is 5.41 Å². The first-order valence-corrected chi connectivity index (χ1v) is 5.55. The summed E-state index contributed by atoms with van der Waals surface area (Å²) < 4.78 is 0. The monoisotopic (exact) mass is 217 g/mol. The molecule has 2 aliphatic heterocycles. The Morgan fingerprint density at radius 1 is 1.38 bits per heavy atom. The molecule has 1 unspecified atom stereocenters. The Hall–Kier alpha value is -1.55. The van der Waals surface area contributed by atoms with Crippen molar-refractivity contribution in [2.75, 3.05) is 19.6 Å². The normalized spacial score (nSPS) is 26.0. The highest BCUT2D eigenvalue weighted by atomic mass is 16.2. The van der Waals surface area contributed by atoms with Gasteiger partial charge in [0.05, 0.1) is 6.04 Å². The van der Waals surface area contributed by atoms with E-state index >= 15 is 0 Å². The van der Waals surface area contributed by atoms with E-state index in [4.69, 9.17) is 5.73 Å². The number of rotatable bonds is 1. The van der Waals surface area contributed by atoms with Crippen molar-refractivity contribution in [3.8, 4) is 0 Å². The smallest absolute Gasteiger partial charge is 0.315 e. The average Bonchev–Trinajstić information content (AvgIpc) is 2.15. The fourth-order valence-corrected chi connectivity index (χ4v) is 2.86. The van der Waals surface area contributed by atoms with Gasteiger partial charge in [0.2, 0.25) is 0 Å². The largest absolute Gasteiger partial charge is 0.351 e. The summed E-state index contributed by atoms with van der Waals surface area (Å²) in [5.74, 6) is 0. The molecule has 1 aromatic rings. The quantitative estimate of drug-likeness (QED) is 0.728. The molecule has 0 saturated carbocycles.